The highest BCUT2D eigenvalue weighted by Crippen LogP contribution is 2.31. The minimum atomic E-state index is 0.181. The molecule has 0 N–H and O–H groups in total. The molecule has 1 aliphatic rings. The summed E-state index contributed by atoms with van der Waals surface area (Å²) in [5, 5.41) is 2.99. The van der Waals surface area contributed by atoms with Crippen molar-refractivity contribution in [2.24, 2.45) is 5.18 Å². The van der Waals surface area contributed by atoms with Gasteiger partial charge >= 0.3 is 0 Å². The van der Waals surface area contributed by atoms with Gasteiger partial charge in [-0.05, 0) is 41.9 Å². The van der Waals surface area contributed by atoms with Gasteiger partial charge in [0.1, 0.15) is 5.70 Å². The molecule has 21 heavy (non-hydrogen) atoms. The van der Waals surface area contributed by atoms with Crippen LogP contribution in [0, 0.1) is 4.91 Å². The number of anilines is 2. The summed E-state index contributed by atoms with van der Waals surface area (Å²) in [5.41, 5.74) is 2.77. The SMILES string of the molecule is O=NC1=CCC(N(c2ccccc2)c2ccccc2)C=C1. The zero-order valence-corrected chi connectivity index (χ0v) is 11.6. The van der Waals surface area contributed by atoms with E-state index in [2.05, 4.69) is 34.3 Å². The van der Waals surface area contributed by atoms with Crippen molar-refractivity contribution in [2.75, 3.05) is 4.90 Å². The predicted octanol–water partition coefficient (Wildman–Crippen LogP) is 4.80. The number of hydrogen-bond donors (Lipinski definition) is 0. The molecule has 0 amide bonds. The van der Waals surface area contributed by atoms with Crippen molar-refractivity contribution in [3.8, 4) is 0 Å². The second-order valence-corrected chi connectivity index (χ2v) is 4.92. The fourth-order valence-corrected chi connectivity index (χ4v) is 2.57. The van der Waals surface area contributed by atoms with Crippen LogP contribution >= 0.6 is 0 Å². The van der Waals surface area contributed by atoms with Gasteiger partial charge in [0.25, 0.3) is 0 Å². The van der Waals surface area contributed by atoms with Crippen molar-refractivity contribution in [3.63, 3.8) is 0 Å². The zero-order valence-electron chi connectivity index (χ0n) is 11.6. The highest BCUT2D eigenvalue weighted by molar-refractivity contribution is 5.65. The van der Waals surface area contributed by atoms with Crippen molar-refractivity contribution in [3.05, 3.63) is 89.5 Å². The van der Waals surface area contributed by atoms with E-state index in [1.807, 2.05) is 48.6 Å². The topological polar surface area (TPSA) is 32.7 Å². The van der Waals surface area contributed by atoms with E-state index >= 15 is 0 Å². The molecule has 2 aromatic carbocycles. The normalized spacial score (nSPS) is 17.1. The molecule has 3 nitrogen and oxygen atoms in total. The molecule has 1 atom stereocenters. The smallest absolute Gasteiger partial charge is 0.103 e. The highest BCUT2D eigenvalue weighted by atomic mass is 16.3. The molecule has 0 aromatic heterocycles. The van der Waals surface area contributed by atoms with Crippen LogP contribution in [0.2, 0.25) is 0 Å². The Hall–Kier alpha value is -2.68. The molecule has 1 unspecified atom stereocenters. The number of para-hydroxylation sites is 2. The van der Waals surface area contributed by atoms with Gasteiger partial charge in [0.05, 0.1) is 6.04 Å². The average molecular weight is 276 g/mol. The van der Waals surface area contributed by atoms with Crippen LogP contribution in [-0.4, -0.2) is 6.04 Å². The second-order valence-electron chi connectivity index (χ2n) is 4.92. The van der Waals surface area contributed by atoms with Gasteiger partial charge in [-0.15, -0.1) is 4.91 Å². The molecule has 0 fully saturated rings. The van der Waals surface area contributed by atoms with Gasteiger partial charge in [0, 0.05) is 11.4 Å². The molecule has 0 bridgehead atoms. The first kappa shape index (κ1) is 13.3. The lowest BCUT2D eigenvalue weighted by molar-refractivity contribution is 0.778. The van der Waals surface area contributed by atoms with Gasteiger partial charge in [-0.2, -0.15) is 0 Å². The maximum Gasteiger partial charge on any atom is 0.103 e. The van der Waals surface area contributed by atoms with Crippen LogP contribution in [0.5, 0.6) is 0 Å². The maximum absolute atomic E-state index is 10.6. The molecule has 0 heterocycles. The molecule has 0 aliphatic heterocycles. The molecule has 0 spiro atoms. The standard InChI is InChI=1S/C18H16N2O/c21-19-15-11-13-18(14-12-15)20(16-7-3-1-4-8-16)17-9-5-2-6-10-17/h1-13,18H,14H2. The molecule has 104 valence electrons. The van der Waals surface area contributed by atoms with Crippen molar-refractivity contribution < 1.29 is 0 Å². The number of nitrogens with zero attached hydrogens (tertiary/aromatic N) is 2. The van der Waals surface area contributed by atoms with Crippen molar-refractivity contribution in [1.82, 2.24) is 0 Å². The Morgan fingerprint density at radius 1 is 0.905 bits per heavy atom. The monoisotopic (exact) mass is 276 g/mol. The summed E-state index contributed by atoms with van der Waals surface area (Å²) < 4.78 is 0. The summed E-state index contributed by atoms with van der Waals surface area (Å²) >= 11 is 0. The first-order valence-electron chi connectivity index (χ1n) is 6.99. The Kier molecular flexibility index (Phi) is 3.92. The predicted molar refractivity (Wildman–Crippen MR) is 86.4 cm³/mol. The summed E-state index contributed by atoms with van der Waals surface area (Å²) in [5.74, 6) is 0. The van der Waals surface area contributed by atoms with Crippen LogP contribution < -0.4 is 4.90 Å². The lowest BCUT2D eigenvalue weighted by Crippen LogP contribution is -2.30. The van der Waals surface area contributed by atoms with E-state index in [1.54, 1.807) is 6.08 Å². The lowest BCUT2D eigenvalue weighted by Gasteiger charge is -2.32. The molecule has 0 saturated heterocycles. The molecular weight excluding hydrogens is 260 g/mol. The van der Waals surface area contributed by atoms with E-state index in [-0.39, 0.29) is 6.04 Å². The van der Waals surface area contributed by atoms with E-state index < -0.39 is 0 Å². The van der Waals surface area contributed by atoms with Gasteiger partial charge in [-0.25, -0.2) is 0 Å². The van der Waals surface area contributed by atoms with Crippen molar-refractivity contribution in [2.45, 2.75) is 12.5 Å². The highest BCUT2D eigenvalue weighted by Gasteiger charge is 2.19. The molecule has 0 radical (unpaired) electrons. The Labute approximate surface area is 124 Å². The number of nitroso groups, excluding NO2 is 1. The third-order valence-electron chi connectivity index (χ3n) is 3.56. The number of rotatable bonds is 4. The van der Waals surface area contributed by atoms with Crippen LogP contribution in [-0.2, 0) is 0 Å². The van der Waals surface area contributed by atoms with Crippen LogP contribution in [0.3, 0.4) is 0 Å². The van der Waals surface area contributed by atoms with Gasteiger partial charge in [-0.1, -0.05) is 48.6 Å². The second kappa shape index (κ2) is 6.18. The number of allylic oxidation sites excluding steroid dienone is 1. The van der Waals surface area contributed by atoms with Crippen molar-refractivity contribution in [1.29, 1.82) is 0 Å². The Bertz CT molecular complexity index is 623. The summed E-state index contributed by atoms with van der Waals surface area (Å²) in [4.78, 5) is 12.9. The molecule has 3 rings (SSSR count). The molecule has 0 saturated carbocycles. The molecular formula is C18H16N2O. The van der Waals surface area contributed by atoms with Gasteiger partial charge < -0.3 is 4.90 Å². The van der Waals surface area contributed by atoms with Gasteiger partial charge in [-0.3, -0.25) is 0 Å². The van der Waals surface area contributed by atoms with Crippen LogP contribution in [0.4, 0.5) is 11.4 Å². The van der Waals surface area contributed by atoms with E-state index in [0.29, 0.717) is 5.70 Å². The Morgan fingerprint density at radius 2 is 1.48 bits per heavy atom. The summed E-state index contributed by atoms with van der Waals surface area (Å²) in [6.45, 7) is 0. The van der Waals surface area contributed by atoms with Gasteiger partial charge in [0.2, 0.25) is 0 Å². The van der Waals surface area contributed by atoms with Crippen LogP contribution in [0.1, 0.15) is 6.42 Å². The molecule has 1 aliphatic carbocycles. The van der Waals surface area contributed by atoms with E-state index in [0.717, 1.165) is 17.8 Å². The first-order chi connectivity index (χ1) is 10.4. The Balaban J connectivity index is 1.97. The average Bonchev–Trinajstić information content (AvgIpc) is 2.58. The van der Waals surface area contributed by atoms with Crippen LogP contribution in [0.25, 0.3) is 0 Å². The van der Waals surface area contributed by atoms with Gasteiger partial charge in [0.15, 0.2) is 0 Å². The third-order valence-corrected chi connectivity index (χ3v) is 3.56. The lowest BCUT2D eigenvalue weighted by atomic mass is 10.0. The summed E-state index contributed by atoms with van der Waals surface area (Å²) in [6, 6.07) is 20.7. The maximum atomic E-state index is 10.6. The summed E-state index contributed by atoms with van der Waals surface area (Å²) in [6.07, 6.45) is 6.48. The zero-order chi connectivity index (χ0) is 14.5. The molecule has 3 heteroatoms. The minimum Gasteiger partial charge on any atom is -0.334 e. The fraction of sp³-hybridized carbons (Fsp3) is 0.111. The van der Waals surface area contributed by atoms with E-state index in [9.17, 15) is 4.91 Å². The fourth-order valence-electron chi connectivity index (χ4n) is 2.57. The first-order valence-corrected chi connectivity index (χ1v) is 6.99. The van der Waals surface area contributed by atoms with Crippen LogP contribution in [0.15, 0.2) is 89.8 Å². The van der Waals surface area contributed by atoms with Crippen molar-refractivity contribution >= 4 is 11.4 Å². The van der Waals surface area contributed by atoms with E-state index in [1.165, 1.54) is 0 Å². The van der Waals surface area contributed by atoms with E-state index in [4.69, 9.17) is 0 Å². The largest absolute Gasteiger partial charge is 0.334 e. The minimum absolute atomic E-state index is 0.181. The number of benzene rings is 2. The quantitative estimate of drug-likeness (QED) is 0.751. The Morgan fingerprint density at radius 3 is 1.90 bits per heavy atom. The molecule has 2 aromatic rings. The third kappa shape index (κ3) is 2.92. The number of hydrogen-bond acceptors (Lipinski definition) is 3. The summed E-state index contributed by atoms with van der Waals surface area (Å²) in [7, 11) is 0.